The highest BCUT2D eigenvalue weighted by atomic mass is 79.9. The lowest BCUT2D eigenvalue weighted by Crippen LogP contribution is -2.08. The van der Waals surface area contributed by atoms with E-state index in [0.29, 0.717) is 15.7 Å². The van der Waals surface area contributed by atoms with Crippen LogP contribution in [-0.4, -0.2) is 14.8 Å². The van der Waals surface area contributed by atoms with Gasteiger partial charge in [-0.25, -0.2) is 9.67 Å². The van der Waals surface area contributed by atoms with Crippen molar-refractivity contribution in [2.45, 2.75) is 13.1 Å². The molecular weight excluding hydrogens is 313 g/mol. The van der Waals surface area contributed by atoms with E-state index in [-0.39, 0.29) is 5.82 Å². The van der Waals surface area contributed by atoms with Crippen LogP contribution in [0.15, 0.2) is 22.9 Å². The van der Waals surface area contributed by atoms with Crippen LogP contribution < -0.4 is 5.73 Å². The van der Waals surface area contributed by atoms with Gasteiger partial charge >= 0.3 is 6.18 Å². The zero-order valence-electron chi connectivity index (χ0n) is 9.16. The molecule has 2 rings (SSSR count). The third-order valence-electron chi connectivity index (χ3n) is 2.38. The highest BCUT2D eigenvalue weighted by molar-refractivity contribution is 9.10. The molecule has 0 aliphatic carbocycles. The number of halogens is 4. The normalized spacial score (nSPS) is 11.8. The van der Waals surface area contributed by atoms with Gasteiger partial charge in [0.2, 0.25) is 0 Å². The van der Waals surface area contributed by atoms with E-state index in [0.717, 1.165) is 10.7 Å². The first-order valence-corrected chi connectivity index (χ1v) is 5.64. The van der Waals surface area contributed by atoms with E-state index in [1.807, 2.05) is 0 Å². The number of alkyl halides is 3. The molecule has 0 aliphatic heterocycles. The molecule has 4 nitrogen and oxygen atoms in total. The molecule has 0 saturated heterocycles. The first-order chi connectivity index (χ1) is 8.30. The maximum atomic E-state index is 12.4. The van der Waals surface area contributed by atoms with Crippen LogP contribution in [0.2, 0.25) is 0 Å². The van der Waals surface area contributed by atoms with E-state index in [1.54, 1.807) is 6.92 Å². The number of hydrogen-bond donors (Lipinski definition) is 1. The van der Waals surface area contributed by atoms with Crippen molar-refractivity contribution in [3.8, 4) is 5.82 Å². The minimum atomic E-state index is -4.47. The second-order valence-electron chi connectivity index (χ2n) is 3.62. The molecule has 0 atom stereocenters. The van der Waals surface area contributed by atoms with Gasteiger partial charge in [-0.15, -0.1) is 0 Å². The van der Waals surface area contributed by atoms with Gasteiger partial charge in [-0.2, -0.15) is 18.3 Å². The Labute approximate surface area is 109 Å². The molecule has 18 heavy (non-hydrogen) atoms. The van der Waals surface area contributed by atoms with Crippen LogP contribution in [0.25, 0.3) is 5.82 Å². The van der Waals surface area contributed by atoms with E-state index >= 15 is 0 Å². The number of anilines is 1. The van der Waals surface area contributed by atoms with Crippen LogP contribution in [0.1, 0.15) is 11.3 Å². The fraction of sp³-hybridized carbons (Fsp3) is 0.200. The van der Waals surface area contributed by atoms with E-state index < -0.39 is 11.9 Å². The Kier molecular flexibility index (Phi) is 3.05. The largest absolute Gasteiger partial charge is 0.435 e. The van der Waals surface area contributed by atoms with Crippen molar-refractivity contribution in [3.05, 3.63) is 34.2 Å². The molecule has 2 aromatic rings. The summed E-state index contributed by atoms with van der Waals surface area (Å²) < 4.78 is 38.9. The average Bonchev–Trinajstić information content (AvgIpc) is 2.75. The Bertz CT molecular complexity index is 591. The van der Waals surface area contributed by atoms with E-state index in [4.69, 9.17) is 5.73 Å². The number of nitrogens with zero attached hydrogens (tertiary/aromatic N) is 3. The summed E-state index contributed by atoms with van der Waals surface area (Å²) in [4.78, 5) is 3.97. The quantitative estimate of drug-likeness (QED) is 0.879. The Balaban J connectivity index is 2.50. The molecule has 2 heterocycles. The van der Waals surface area contributed by atoms with Crippen molar-refractivity contribution in [1.82, 2.24) is 14.8 Å². The summed E-state index contributed by atoms with van der Waals surface area (Å²) in [7, 11) is 0. The Morgan fingerprint density at radius 2 is 2.06 bits per heavy atom. The maximum absolute atomic E-state index is 12.4. The van der Waals surface area contributed by atoms with Gasteiger partial charge < -0.3 is 5.73 Å². The zero-order valence-corrected chi connectivity index (χ0v) is 10.7. The lowest BCUT2D eigenvalue weighted by atomic mass is 10.2. The summed E-state index contributed by atoms with van der Waals surface area (Å²) in [6.45, 7) is 1.73. The van der Waals surface area contributed by atoms with Crippen molar-refractivity contribution in [2.24, 2.45) is 0 Å². The van der Waals surface area contributed by atoms with Crippen molar-refractivity contribution < 1.29 is 13.2 Å². The molecule has 0 amide bonds. The van der Waals surface area contributed by atoms with Gasteiger partial charge in [0.05, 0.1) is 16.4 Å². The molecule has 0 aromatic carbocycles. The summed E-state index contributed by atoms with van der Waals surface area (Å²) in [5.41, 5.74) is 5.82. The number of nitrogens with two attached hydrogens (primary N) is 1. The maximum Gasteiger partial charge on any atom is 0.435 e. The second-order valence-corrected chi connectivity index (χ2v) is 4.41. The standard InChI is InChI=1S/C10H8BrF3N4/c1-5-6(15)4-16-9(8(5)11)18-3-2-7(17-18)10(12,13)14/h2-4H,15H2,1H3. The summed E-state index contributed by atoms with van der Waals surface area (Å²) in [6.07, 6.45) is -1.89. The third kappa shape index (κ3) is 2.20. The van der Waals surface area contributed by atoms with Gasteiger partial charge in [0.1, 0.15) is 0 Å². The Hall–Kier alpha value is -1.57. The van der Waals surface area contributed by atoms with Crippen LogP contribution >= 0.6 is 15.9 Å². The first-order valence-electron chi connectivity index (χ1n) is 4.84. The van der Waals surface area contributed by atoms with Crippen molar-refractivity contribution in [3.63, 3.8) is 0 Å². The molecule has 8 heteroatoms. The summed E-state index contributed by atoms with van der Waals surface area (Å²) in [5.74, 6) is 0.261. The van der Waals surface area contributed by atoms with Crippen molar-refractivity contribution >= 4 is 21.6 Å². The lowest BCUT2D eigenvalue weighted by Gasteiger charge is -2.08. The number of aromatic nitrogens is 3. The minimum absolute atomic E-state index is 0.261. The fourth-order valence-electron chi connectivity index (χ4n) is 1.33. The molecule has 0 bridgehead atoms. The van der Waals surface area contributed by atoms with Crippen LogP contribution in [0, 0.1) is 6.92 Å². The smallest absolute Gasteiger partial charge is 0.397 e. The fourth-order valence-corrected chi connectivity index (χ4v) is 1.84. The molecule has 0 unspecified atom stereocenters. The monoisotopic (exact) mass is 320 g/mol. The number of hydrogen-bond acceptors (Lipinski definition) is 3. The Morgan fingerprint density at radius 3 is 2.61 bits per heavy atom. The van der Waals surface area contributed by atoms with Crippen LogP contribution in [0.4, 0.5) is 18.9 Å². The molecular formula is C10H8BrF3N4. The minimum Gasteiger partial charge on any atom is -0.397 e. The molecule has 2 N–H and O–H groups in total. The van der Waals surface area contributed by atoms with Gasteiger partial charge in [0.15, 0.2) is 11.5 Å². The Morgan fingerprint density at radius 1 is 1.39 bits per heavy atom. The number of nitrogen functional groups attached to an aromatic ring is 1. The molecule has 0 saturated carbocycles. The van der Waals surface area contributed by atoms with Crippen LogP contribution in [0.3, 0.4) is 0 Å². The number of rotatable bonds is 1. The molecule has 0 fully saturated rings. The van der Waals surface area contributed by atoms with E-state index in [1.165, 1.54) is 12.4 Å². The number of pyridine rings is 1. The molecule has 0 spiro atoms. The predicted octanol–water partition coefficient (Wildman–Crippen LogP) is 2.94. The SMILES string of the molecule is Cc1c(N)cnc(-n2ccc(C(F)(F)F)n2)c1Br. The molecule has 2 aromatic heterocycles. The average molecular weight is 321 g/mol. The third-order valence-corrected chi connectivity index (χ3v) is 3.33. The predicted molar refractivity (Wildman–Crippen MR) is 63.2 cm³/mol. The zero-order chi connectivity index (χ0) is 13.5. The van der Waals surface area contributed by atoms with Crippen molar-refractivity contribution in [1.29, 1.82) is 0 Å². The first kappa shape index (κ1) is 12.9. The van der Waals surface area contributed by atoms with Crippen LogP contribution in [-0.2, 0) is 6.18 Å². The van der Waals surface area contributed by atoms with E-state index in [2.05, 4.69) is 26.0 Å². The molecule has 0 aliphatic rings. The van der Waals surface area contributed by atoms with Crippen molar-refractivity contribution in [2.75, 3.05) is 5.73 Å². The van der Waals surface area contributed by atoms with Gasteiger partial charge in [-0.05, 0) is 34.5 Å². The van der Waals surface area contributed by atoms with Gasteiger partial charge in [0.25, 0.3) is 0 Å². The highest BCUT2D eigenvalue weighted by Gasteiger charge is 2.33. The summed E-state index contributed by atoms with van der Waals surface area (Å²) >= 11 is 3.24. The highest BCUT2D eigenvalue weighted by Crippen LogP contribution is 2.30. The topological polar surface area (TPSA) is 56.7 Å². The van der Waals surface area contributed by atoms with Gasteiger partial charge in [0, 0.05) is 6.20 Å². The molecule has 0 radical (unpaired) electrons. The second kappa shape index (κ2) is 4.27. The van der Waals surface area contributed by atoms with E-state index in [9.17, 15) is 13.2 Å². The molecule has 96 valence electrons. The summed E-state index contributed by atoms with van der Waals surface area (Å²) in [6, 6.07) is 0.889. The summed E-state index contributed by atoms with van der Waals surface area (Å²) in [5, 5.41) is 3.44. The lowest BCUT2D eigenvalue weighted by molar-refractivity contribution is -0.141. The van der Waals surface area contributed by atoms with Crippen LogP contribution in [0.5, 0.6) is 0 Å². The van der Waals surface area contributed by atoms with Gasteiger partial charge in [-0.3, -0.25) is 0 Å². The van der Waals surface area contributed by atoms with Gasteiger partial charge in [-0.1, -0.05) is 0 Å².